The number of aromatic nitrogens is 1. The van der Waals surface area contributed by atoms with Crippen LogP contribution in [0.2, 0.25) is 0 Å². The molecule has 252 valence electrons. The van der Waals surface area contributed by atoms with Crippen molar-refractivity contribution in [1.82, 2.24) is 0 Å². The molecule has 0 fully saturated rings. The molecule has 3 aromatic carbocycles. The van der Waals surface area contributed by atoms with E-state index >= 15 is 0 Å². The smallest absolute Gasteiger partial charge is 0.264 e. The van der Waals surface area contributed by atoms with E-state index in [1.165, 1.54) is 0 Å². The summed E-state index contributed by atoms with van der Waals surface area (Å²) >= 11 is 4.77. The molecule has 0 spiro atoms. The Morgan fingerprint density at radius 3 is 2.52 bits per heavy atom. The van der Waals surface area contributed by atoms with Gasteiger partial charge in [0.1, 0.15) is 15.1 Å². The molecule has 0 amide bonds. The summed E-state index contributed by atoms with van der Waals surface area (Å²) in [5, 5.41) is 4.82. The number of fused-ring (bicyclic) bond motifs is 4. The first-order valence-electron chi connectivity index (χ1n) is 15.3. The number of thioether (sulfide) groups is 1. The Labute approximate surface area is 292 Å². The van der Waals surface area contributed by atoms with Crippen LogP contribution >= 0.6 is 34.4 Å². The number of thiazole rings is 1. The van der Waals surface area contributed by atoms with Crippen LogP contribution in [0, 0.1) is 0 Å². The van der Waals surface area contributed by atoms with Crippen LogP contribution in [-0.2, 0) is 26.8 Å². The monoisotopic (exact) mass is 742 g/mol. The van der Waals surface area contributed by atoms with Crippen LogP contribution in [0.4, 0.5) is 5.69 Å². The van der Waals surface area contributed by atoms with Crippen LogP contribution in [0.15, 0.2) is 87.6 Å². The fraction of sp³-hybridized carbons (Fsp3) is 0.265. The SMILES string of the molecule is CCC(=Cc1sc2cc(OC)c3ccsc3c2[n+]1CCCS(=O)(=O)[O-])C=C1Sc2ccc(-c3ccccc3)cc2N1CCCS(=O)(=O)O. The number of thiophene rings is 1. The van der Waals surface area contributed by atoms with Gasteiger partial charge in [-0.15, -0.1) is 11.3 Å². The summed E-state index contributed by atoms with van der Waals surface area (Å²) in [4.78, 5) is 3.16. The number of hydrogen-bond acceptors (Lipinski definition) is 10. The van der Waals surface area contributed by atoms with E-state index in [0.717, 1.165) is 63.4 Å². The fourth-order valence-electron chi connectivity index (χ4n) is 5.79. The number of anilines is 1. The lowest BCUT2D eigenvalue weighted by Crippen LogP contribution is -2.36. The zero-order valence-electron chi connectivity index (χ0n) is 26.3. The Morgan fingerprint density at radius 1 is 1.02 bits per heavy atom. The predicted molar refractivity (Wildman–Crippen MR) is 196 cm³/mol. The molecule has 14 heteroatoms. The van der Waals surface area contributed by atoms with Crippen LogP contribution in [0.25, 0.3) is 37.5 Å². The normalized spacial score (nSPS) is 14.8. The van der Waals surface area contributed by atoms with Gasteiger partial charge in [0.05, 0.1) is 33.7 Å². The van der Waals surface area contributed by atoms with Gasteiger partial charge in [0, 0.05) is 41.1 Å². The van der Waals surface area contributed by atoms with Crippen molar-refractivity contribution in [2.45, 2.75) is 37.6 Å². The third-order valence-electron chi connectivity index (χ3n) is 8.04. The molecule has 3 heterocycles. The first kappa shape index (κ1) is 34.6. The van der Waals surface area contributed by atoms with Crippen molar-refractivity contribution in [2.75, 3.05) is 30.1 Å². The number of methoxy groups -OCH3 is 1. The third-order valence-corrected chi connectivity index (χ3v) is 12.7. The molecule has 9 nitrogen and oxygen atoms in total. The van der Waals surface area contributed by atoms with E-state index in [9.17, 15) is 25.9 Å². The molecule has 6 rings (SSSR count). The quantitative estimate of drug-likeness (QED) is 0.0962. The van der Waals surface area contributed by atoms with E-state index in [2.05, 4.69) is 46.7 Å². The number of allylic oxidation sites excluding steroid dienone is 2. The van der Waals surface area contributed by atoms with E-state index in [1.54, 1.807) is 41.5 Å². The minimum Gasteiger partial charge on any atom is -0.748 e. The van der Waals surface area contributed by atoms with Gasteiger partial charge in [-0.2, -0.15) is 13.0 Å². The number of benzene rings is 3. The summed E-state index contributed by atoms with van der Waals surface area (Å²) in [7, 11) is -6.83. The third kappa shape index (κ3) is 7.80. The first-order valence-corrected chi connectivity index (χ1v) is 21.0. The highest BCUT2D eigenvalue weighted by Crippen LogP contribution is 2.48. The molecule has 1 aliphatic heterocycles. The molecule has 2 aromatic heterocycles. The zero-order valence-corrected chi connectivity index (χ0v) is 30.4. The van der Waals surface area contributed by atoms with Gasteiger partial charge in [-0.05, 0) is 59.2 Å². The van der Waals surface area contributed by atoms with Crippen molar-refractivity contribution >= 4 is 86.7 Å². The topological polar surface area (TPSA) is 128 Å². The van der Waals surface area contributed by atoms with Crippen molar-refractivity contribution in [3.63, 3.8) is 0 Å². The maximum absolute atomic E-state index is 11.6. The predicted octanol–water partition coefficient (Wildman–Crippen LogP) is 7.54. The molecule has 0 saturated carbocycles. The van der Waals surface area contributed by atoms with Crippen molar-refractivity contribution in [2.24, 2.45) is 0 Å². The molecule has 0 radical (unpaired) electrons. The maximum atomic E-state index is 11.6. The number of nitrogens with zero attached hydrogens (tertiary/aromatic N) is 2. The molecule has 5 aromatic rings. The Bertz CT molecular complexity index is 2260. The summed E-state index contributed by atoms with van der Waals surface area (Å²) in [6.45, 7) is 2.81. The summed E-state index contributed by atoms with van der Waals surface area (Å²) in [6.07, 6.45) is 5.33. The van der Waals surface area contributed by atoms with Crippen molar-refractivity contribution in [1.29, 1.82) is 0 Å². The van der Waals surface area contributed by atoms with Gasteiger partial charge in [-0.25, -0.2) is 8.42 Å². The highest BCUT2D eigenvalue weighted by molar-refractivity contribution is 8.03. The van der Waals surface area contributed by atoms with Crippen LogP contribution in [0.1, 0.15) is 31.2 Å². The first-order chi connectivity index (χ1) is 22.9. The van der Waals surface area contributed by atoms with Gasteiger partial charge in [-0.1, -0.05) is 66.4 Å². The largest absolute Gasteiger partial charge is 0.748 e. The second kappa shape index (κ2) is 14.3. The van der Waals surface area contributed by atoms with Gasteiger partial charge in [-0.3, -0.25) is 4.55 Å². The summed E-state index contributed by atoms with van der Waals surface area (Å²) in [5.74, 6) is -0.0290. The Morgan fingerprint density at radius 2 is 1.81 bits per heavy atom. The molecule has 1 N–H and O–H groups in total. The molecule has 0 saturated heterocycles. The van der Waals surface area contributed by atoms with E-state index in [0.29, 0.717) is 19.5 Å². The number of rotatable bonds is 13. The minimum absolute atomic E-state index is 0.182. The van der Waals surface area contributed by atoms with Gasteiger partial charge < -0.3 is 14.2 Å². The average Bonchev–Trinajstić information content (AvgIpc) is 3.75. The van der Waals surface area contributed by atoms with Gasteiger partial charge in [0.25, 0.3) is 15.1 Å². The molecular formula is C34H34N2O7S5. The Kier molecular flexibility index (Phi) is 10.3. The fourth-order valence-corrected chi connectivity index (χ4v) is 10.1. The van der Waals surface area contributed by atoms with Crippen LogP contribution in [-0.4, -0.2) is 51.1 Å². The molecular weight excluding hydrogens is 709 g/mol. The van der Waals surface area contributed by atoms with Crippen LogP contribution in [0.3, 0.4) is 0 Å². The highest BCUT2D eigenvalue weighted by atomic mass is 32.2. The second-order valence-electron chi connectivity index (χ2n) is 11.3. The van der Waals surface area contributed by atoms with E-state index < -0.39 is 26.0 Å². The van der Waals surface area contributed by atoms with Crippen molar-refractivity contribution < 1.29 is 35.2 Å². The van der Waals surface area contributed by atoms with E-state index in [4.69, 9.17) is 4.74 Å². The molecule has 0 atom stereocenters. The number of aryl methyl sites for hydroxylation is 1. The van der Waals surface area contributed by atoms with Gasteiger partial charge in [0.2, 0.25) is 5.52 Å². The van der Waals surface area contributed by atoms with Gasteiger partial charge >= 0.3 is 0 Å². The lowest BCUT2D eigenvalue weighted by atomic mass is 10.0. The van der Waals surface area contributed by atoms with Crippen LogP contribution in [0.5, 0.6) is 5.75 Å². The summed E-state index contributed by atoms with van der Waals surface area (Å²) < 4.78 is 76.9. The lowest BCUT2D eigenvalue weighted by molar-refractivity contribution is -0.667. The van der Waals surface area contributed by atoms with Crippen molar-refractivity contribution in [3.8, 4) is 16.9 Å². The summed E-state index contributed by atoms with van der Waals surface area (Å²) in [5.41, 5.74) is 5.08. The minimum atomic E-state index is -4.36. The molecule has 48 heavy (non-hydrogen) atoms. The number of hydrogen-bond donors (Lipinski definition) is 1. The van der Waals surface area contributed by atoms with E-state index in [-0.39, 0.29) is 18.6 Å². The summed E-state index contributed by atoms with van der Waals surface area (Å²) in [6, 6.07) is 20.3. The Hall–Kier alpha value is -3.24. The second-order valence-corrected chi connectivity index (χ2v) is 17.4. The van der Waals surface area contributed by atoms with Crippen LogP contribution < -0.4 is 14.2 Å². The Balaban J connectivity index is 1.42. The highest BCUT2D eigenvalue weighted by Gasteiger charge is 2.28. The average molecular weight is 743 g/mol. The zero-order chi connectivity index (χ0) is 34.1. The lowest BCUT2D eigenvalue weighted by Gasteiger charge is -2.21. The van der Waals surface area contributed by atoms with E-state index in [1.807, 2.05) is 47.8 Å². The number of ether oxygens (including phenoxy) is 1. The molecule has 0 unspecified atom stereocenters. The standard InChI is InChI=1S/C34H34N2O7S5/c1-3-23(20-32-36(15-8-18-48(40,41)42)33-30(46-32)22-28(43-2)26-13-16-44-34(26)33)19-31-35(14-7-17-47(37,38)39)27-21-25(11-12-29(27)45-31)24-9-5-4-6-10-24/h4-6,9-13,16,19-22H,3,7-8,14-15,17-18H2,1-2H3,(H-,37,38,39,40,41,42). The van der Waals surface area contributed by atoms with Crippen molar-refractivity contribution in [3.05, 3.63) is 87.7 Å². The molecule has 0 bridgehead atoms. The van der Waals surface area contributed by atoms with Gasteiger partial charge in [0.15, 0.2) is 6.54 Å². The molecule has 0 aliphatic carbocycles. The molecule has 1 aliphatic rings. The maximum Gasteiger partial charge on any atom is 0.264 e.